The van der Waals surface area contributed by atoms with E-state index in [1.165, 1.54) is 33.9 Å². The molecule has 0 aliphatic heterocycles. The first-order valence-corrected chi connectivity index (χ1v) is 10.2. The van der Waals surface area contributed by atoms with Gasteiger partial charge in [0.2, 0.25) is 0 Å². The van der Waals surface area contributed by atoms with E-state index in [2.05, 4.69) is 49.1 Å². The van der Waals surface area contributed by atoms with Gasteiger partial charge >= 0.3 is 0 Å². The first-order chi connectivity index (χ1) is 14.0. The molecule has 1 aliphatic rings. The van der Waals surface area contributed by atoms with Crippen molar-refractivity contribution in [2.75, 3.05) is 19.7 Å². The largest absolute Gasteiger partial charge is 0.395 e. The fourth-order valence-corrected chi connectivity index (χ4v) is 4.25. The number of aliphatic hydroxyl groups is 1. The Kier molecular flexibility index (Phi) is 7.20. The summed E-state index contributed by atoms with van der Waals surface area (Å²) in [5.74, 6) is -0.538. The van der Waals surface area contributed by atoms with Crippen LogP contribution in [0.25, 0.3) is 6.08 Å². The Morgan fingerprint density at radius 2 is 2.03 bits per heavy atom. The molecule has 0 radical (unpaired) electrons. The number of hydrogen-bond acceptors (Lipinski definition) is 4. The first kappa shape index (κ1) is 21.2. The van der Waals surface area contributed by atoms with Crippen molar-refractivity contribution in [3.05, 3.63) is 75.9 Å². The lowest BCUT2D eigenvalue weighted by molar-refractivity contribution is -0.124. The standard InChI is InChI=1S/C24H30N2O3/c1-17-3-6-20(18(2)15-17)11-12-26(13-14-27)23-9-7-21-16-19(4-8-22(21)23)5-10-24(28)25-29/h3-6,8,10,15-16,23,27,29H,7,9,11-14H2,1-2H3,(H,25,28)/b10-5+. The van der Waals surface area contributed by atoms with Gasteiger partial charge in [-0.3, -0.25) is 14.9 Å². The van der Waals surface area contributed by atoms with E-state index in [1.807, 2.05) is 6.07 Å². The summed E-state index contributed by atoms with van der Waals surface area (Å²) in [5.41, 5.74) is 9.11. The Hall–Kier alpha value is -2.47. The highest BCUT2D eigenvalue weighted by Gasteiger charge is 2.27. The Labute approximate surface area is 172 Å². The van der Waals surface area contributed by atoms with Gasteiger partial charge in [-0.1, -0.05) is 42.0 Å². The lowest BCUT2D eigenvalue weighted by Crippen LogP contribution is -2.32. The predicted molar refractivity (Wildman–Crippen MR) is 115 cm³/mol. The highest BCUT2D eigenvalue weighted by atomic mass is 16.5. The summed E-state index contributed by atoms with van der Waals surface area (Å²) in [4.78, 5) is 13.6. The second-order valence-corrected chi connectivity index (χ2v) is 7.76. The number of nitrogens with zero attached hydrogens (tertiary/aromatic N) is 1. The van der Waals surface area contributed by atoms with Crippen molar-refractivity contribution < 1.29 is 15.1 Å². The van der Waals surface area contributed by atoms with E-state index in [9.17, 15) is 9.90 Å². The molecule has 0 bridgehead atoms. The summed E-state index contributed by atoms with van der Waals surface area (Å²) in [6.07, 6.45) is 6.00. The smallest absolute Gasteiger partial charge is 0.267 e. The zero-order valence-electron chi connectivity index (χ0n) is 17.2. The van der Waals surface area contributed by atoms with Crippen molar-refractivity contribution in [1.82, 2.24) is 10.4 Å². The van der Waals surface area contributed by atoms with Crippen molar-refractivity contribution in [1.29, 1.82) is 0 Å². The molecular formula is C24H30N2O3. The van der Waals surface area contributed by atoms with Gasteiger partial charge < -0.3 is 5.11 Å². The summed E-state index contributed by atoms with van der Waals surface area (Å²) in [7, 11) is 0. The number of hydrogen-bond donors (Lipinski definition) is 3. The molecule has 0 saturated carbocycles. The van der Waals surface area contributed by atoms with Crippen LogP contribution < -0.4 is 5.48 Å². The molecule has 0 fully saturated rings. The molecule has 3 rings (SSSR count). The Morgan fingerprint density at radius 3 is 2.76 bits per heavy atom. The van der Waals surface area contributed by atoms with Crippen LogP contribution in [0.15, 0.2) is 42.5 Å². The molecule has 5 heteroatoms. The maximum atomic E-state index is 11.2. The minimum absolute atomic E-state index is 0.149. The molecule has 0 saturated heterocycles. The van der Waals surface area contributed by atoms with Gasteiger partial charge in [0.25, 0.3) is 5.91 Å². The average Bonchev–Trinajstić information content (AvgIpc) is 3.13. The van der Waals surface area contributed by atoms with E-state index in [-0.39, 0.29) is 6.61 Å². The number of fused-ring (bicyclic) bond motifs is 1. The molecule has 1 atom stereocenters. The van der Waals surface area contributed by atoms with Crippen LogP contribution in [-0.4, -0.2) is 40.8 Å². The van der Waals surface area contributed by atoms with Crippen molar-refractivity contribution in [3.8, 4) is 0 Å². The number of nitrogens with one attached hydrogen (secondary N) is 1. The van der Waals surface area contributed by atoms with Gasteiger partial charge in [-0.15, -0.1) is 0 Å². The molecular weight excluding hydrogens is 364 g/mol. The highest BCUT2D eigenvalue weighted by Crippen LogP contribution is 2.36. The molecule has 0 spiro atoms. The lowest BCUT2D eigenvalue weighted by Gasteiger charge is -2.29. The molecule has 5 nitrogen and oxygen atoms in total. The van der Waals surface area contributed by atoms with E-state index in [1.54, 1.807) is 11.6 Å². The van der Waals surface area contributed by atoms with Crippen LogP contribution in [0.2, 0.25) is 0 Å². The summed E-state index contributed by atoms with van der Waals surface area (Å²) < 4.78 is 0. The van der Waals surface area contributed by atoms with E-state index in [0.29, 0.717) is 12.6 Å². The quantitative estimate of drug-likeness (QED) is 0.365. The van der Waals surface area contributed by atoms with Crippen LogP contribution >= 0.6 is 0 Å². The van der Waals surface area contributed by atoms with Crippen LogP contribution in [0.4, 0.5) is 0 Å². The third kappa shape index (κ3) is 5.32. The second-order valence-electron chi connectivity index (χ2n) is 7.76. The highest BCUT2D eigenvalue weighted by molar-refractivity contribution is 5.90. The third-order valence-electron chi connectivity index (χ3n) is 5.74. The van der Waals surface area contributed by atoms with E-state index < -0.39 is 5.91 Å². The minimum atomic E-state index is -0.538. The Morgan fingerprint density at radius 1 is 1.21 bits per heavy atom. The Bertz CT molecular complexity index is 892. The summed E-state index contributed by atoms with van der Waals surface area (Å²) >= 11 is 0. The summed E-state index contributed by atoms with van der Waals surface area (Å²) in [5, 5.41) is 18.2. The molecule has 2 aromatic rings. The molecule has 0 heterocycles. The topological polar surface area (TPSA) is 72.8 Å². The van der Waals surface area contributed by atoms with E-state index in [0.717, 1.165) is 31.4 Å². The van der Waals surface area contributed by atoms with Gasteiger partial charge in [-0.25, -0.2) is 5.48 Å². The fourth-order valence-electron chi connectivity index (χ4n) is 4.25. The zero-order chi connectivity index (χ0) is 20.8. The number of carbonyl (C=O) groups excluding carboxylic acids is 1. The molecule has 154 valence electrons. The number of carbonyl (C=O) groups is 1. The number of rotatable bonds is 8. The molecule has 1 unspecified atom stereocenters. The van der Waals surface area contributed by atoms with Crippen molar-refractivity contribution in [3.63, 3.8) is 0 Å². The SMILES string of the molecule is Cc1ccc(CCN(CCO)C2CCc3cc(/C=C/C(=O)NO)ccc32)c(C)c1. The zero-order valence-corrected chi connectivity index (χ0v) is 17.2. The number of aryl methyl sites for hydroxylation is 3. The van der Waals surface area contributed by atoms with Crippen molar-refractivity contribution >= 4 is 12.0 Å². The number of hydroxylamine groups is 1. The van der Waals surface area contributed by atoms with Crippen molar-refractivity contribution in [2.45, 2.75) is 39.2 Å². The molecule has 3 N–H and O–H groups in total. The molecule has 1 amide bonds. The first-order valence-electron chi connectivity index (χ1n) is 10.2. The van der Waals surface area contributed by atoms with Crippen LogP contribution in [0.5, 0.6) is 0 Å². The van der Waals surface area contributed by atoms with Crippen molar-refractivity contribution in [2.24, 2.45) is 0 Å². The molecule has 1 aliphatic carbocycles. The predicted octanol–water partition coefficient (Wildman–Crippen LogP) is 3.35. The van der Waals surface area contributed by atoms with Gasteiger partial charge in [-0.2, -0.15) is 0 Å². The monoisotopic (exact) mass is 394 g/mol. The van der Waals surface area contributed by atoms with Crippen LogP contribution in [-0.2, 0) is 17.6 Å². The minimum Gasteiger partial charge on any atom is -0.395 e. The van der Waals surface area contributed by atoms with Gasteiger partial charge in [0.1, 0.15) is 0 Å². The van der Waals surface area contributed by atoms with Gasteiger partial charge in [0.05, 0.1) is 6.61 Å². The van der Waals surface area contributed by atoms with Gasteiger partial charge in [-0.05, 0) is 67.0 Å². The molecule has 29 heavy (non-hydrogen) atoms. The molecule has 2 aromatic carbocycles. The normalized spacial score (nSPS) is 15.8. The van der Waals surface area contributed by atoms with E-state index in [4.69, 9.17) is 5.21 Å². The van der Waals surface area contributed by atoms with Gasteiger partial charge in [0.15, 0.2) is 0 Å². The maximum Gasteiger partial charge on any atom is 0.267 e. The second kappa shape index (κ2) is 9.83. The van der Waals surface area contributed by atoms with Crippen LogP contribution in [0.3, 0.4) is 0 Å². The summed E-state index contributed by atoms with van der Waals surface area (Å²) in [6.45, 7) is 6.00. The number of aliphatic hydroxyl groups excluding tert-OH is 1. The lowest BCUT2D eigenvalue weighted by atomic mass is 10.0. The van der Waals surface area contributed by atoms with E-state index >= 15 is 0 Å². The maximum absolute atomic E-state index is 11.2. The fraction of sp³-hybridized carbons (Fsp3) is 0.375. The summed E-state index contributed by atoms with van der Waals surface area (Å²) in [6, 6.07) is 13.1. The van der Waals surface area contributed by atoms with Gasteiger partial charge in [0, 0.05) is 25.2 Å². The third-order valence-corrected chi connectivity index (χ3v) is 5.74. The van der Waals surface area contributed by atoms with Crippen LogP contribution in [0, 0.1) is 13.8 Å². The number of benzene rings is 2. The average molecular weight is 395 g/mol. The number of amides is 1. The molecule has 0 aromatic heterocycles. The van der Waals surface area contributed by atoms with Crippen LogP contribution in [0.1, 0.15) is 45.8 Å². The Balaban J connectivity index is 1.73.